The number of nitrogens with zero attached hydrogens (tertiary/aromatic N) is 1. The van der Waals surface area contributed by atoms with Gasteiger partial charge in [-0.05, 0) is 30.7 Å². The number of amides is 2. The Bertz CT molecular complexity index is 621. The van der Waals surface area contributed by atoms with Gasteiger partial charge in [-0.15, -0.1) is 0 Å². The van der Waals surface area contributed by atoms with Crippen molar-refractivity contribution in [1.82, 2.24) is 0 Å². The van der Waals surface area contributed by atoms with E-state index in [0.29, 0.717) is 12.3 Å². The lowest BCUT2D eigenvalue weighted by molar-refractivity contribution is -0.124. The maximum Gasteiger partial charge on any atom is 0.240 e. The summed E-state index contributed by atoms with van der Waals surface area (Å²) in [5, 5.41) is 0. The number of ether oxygens (including phenoxy) is 2. The Labute approximate surface area is 128 Å². The molecule has 3 heterocycles. The van der Waals surface area contributed by atoms with Crippen LogP contribution in [0.15, 0.2) is 36.4 Å². The number of rotatable bonds is 4. The first-order valence-electron chi connectivity index (χ1n) is 7.65. The van der Waals surface area contributed by atoms with Gasteiger partial charge >= 0.3 is 0 Å². The number of fused-ring (bicyclic) bond motifs is 5. The summed E-state index contributed by atoms with van der Waals surface area (Å²) in [6.07, 6.45) is 4.22. The third-order valence-electron chi connectivity index (χ3n) is 4.48. The molecule has 2 saturated heterocycles. The van der Waals surface area contributed by atoms with Crippen LogP contribution < -0.4 is 9.64 Å². The van der Waals surface area contributed by atoms with Crippen LogP contribution in [0.1, 0.15) is 13.3 Å². The molecule has 0 saturated carbocycles. The van der Waals surface area contributed by atoms with Gasteiger partial charge in [-0.2, -0.15) is 0 Å². The molecule has 0 radical (unpaired) electrons. The molecule has 3 aliphatic rings. The third-order valence-corrected chi connectivity index (χ3v) is 4.48. The number of benzene rings is 1. The van der Waals surface area contributed by atoms with E-state index in [4.69, 9.17) is 9.47 Å². The van der Waals surface area contributed by atoms with Crippen LogP contribution in [0.25, 0.3) is 0 Å². The van der Waals surface area contributed by atoms with Crippen LogP contribution >= 0.6 is 0 Å². The van der Waals surface area contributed by atoms with Crippen molar-refractivity contribution in [3.63, 3.8) is 0 Å². The topological polar surface area (TPSA) is 55.8 Å². The first kappa shape index (κ1) is 13.5. The number of hydrogen-bond donors (Lipinski definition) is 0. The number of anilines is 1. The molecule has 4 rings (SSSR count). The molecule has 0 aromatic heterocycles. The fourth-order valence-electron chi connectivity index (χ4n) is 3.47. The Kier molecular flexibility index (Phi) is 3.04. The molecule has 5 nitrogen and oxygen atoms in total. The molecule has 3 aliphatic heterocycles. The Morgan fingerprint density at radius 1 is 1.05 bits per heavy atom. The summed E-state index contributed by atoms with van der Waals surface area (Å²) in [6, 6.07) is 7.11. The lowest BCUT2D eigenvalue weighted by Crippen LogP contribution is -2.34. The van der Waals surface area contributed by atoms with Crippen LogP contribution in [0.5, 0.6) is 5.75 Å². The minimum absolute atomic E-state index is 0.158. The summed E-state index contributed by atoms with van der Waals surface area (Å²) in [7, 11) is 0. The van der Waals surface area contributed by atoms with Gasteiger partial charge < -0.3 is 9.47 Å². The van der Waals surface area contributed by atoms with Crippen LogP contribution in [0.2, 0.25) is 0 Å². The van der Waals surface area contributed by atoms with Gasteiger partial charge in [0.15, 0.2) is 0 Å². The third kappa shape index (κ3) is 1.82. The zero-order valence-corrected chi connectivity index (χ0v) is 12.3. The maximum absolute atomic E-state index is 12.6. The molecule has 1 aromatic carbocycles. The standard InChI is InChI=1S/C17H17NO4/c1-2-9-21-11-5-3-10(4-6-11)18-16(19)14-12-7-8-13(22-12)15(14)17(18)20/h3-8,12-15H,2,9H2,1H3/t12-,13+,14-,15+. The summed E-state index contributed by atoms with van der Waals surface area (Å²) >= 11 is 0. The highest BCUT2D eigenvalue weighted by atomic mass is 16.5. The van der Waals surface area contributed by atoms with Crippen molar-refractivity contribution in [3.8, 4) is 5.75 Å². The normalized spacial score (nSPS) is 32.0. The molecule has 0 aliphatic carbocycles. The monoisotopic (exact) mass is 299 g/mol. The minimum Gasteiger partial charge on any atom is -0.494 e. The van der Waals surface area contributed by atoms with E-state index < -0.39 is 0 Å². The van der Waals surface area contributed by atoms with E-state index in [0.717, 1.165) is 12.2 Å². The van der Waals surface area contributed by atoms with Gasteiger partial charge in [-0.25, -0.2) is 4.90 Å². The average Bonchev–Trinajstić information content (AvgIpc) is 3.20. The van der Waals surface area contributed by atoms with Crippen LogP contribution in [0.3, 0.4) is 0 Å². The van der Waals surface area contributed by atoms with E-state index in [9.17, 15) is 9.59 Å². The van der Waals surface area contributed by atoms with Gasteiger partial charge in [0.05, 0.1) is 36.3 Å². The molecular formula is C17H17NO4. The second-order valence-electron chi connectivity index (χ2n) is 5.86. The summed E-state index contributed by atoms with van der Waals surface area (Å²) in [6.45, 7) is 2.69. The smallest absolute Gasteiger partial charge is 0.240 e. The fourth-order valence-corrected chi connectivity index (χ4v) is 3.47. The van der Waals surface area contributed by atoms with Gasteiger partial charge in [-0.3, -0.25) is 9.59 Å². The van der Waals surface area contributed by atoms with Crippen molar-refractivity contribution >= 4 is 17.5 Å². The summed E-state index contributed by atoms with van der Waals surface area (Å²) in [5.74, 6) is -0.296. The lowest BCUT2D eigenvalue weighted by atomic mass is 9.85. The number of carbonyl (C=O) groups is 2. The van der Waals surface area contributed by atoms with E-state index in [2.05, 4.69) is 0 Å². The zero-order chi connectivity index (χ0) is 15.3. The molecule has 2 amide bonds. The Morgan fingerprint density at radius 2 is 1.64 bits per heavy atom. The van der Waals surface area contributed by atoms with Crippen molar-refractivity contribution in [2.24, 2.45) is 11.8 Å². The second kappa shape index (κ2) is 4.95. The van der Waals surface area contributed by atoms with Gasteiger partial charge in [-0.1, -0.05) is 19.1 Å². The van der Waals surface area contributed by atoms with Crippen molar-refractivity contribution < 1.29 is 19.1 Å². The highest BCUT2D eigenvalue weighted by Gasteiger charge is 2.60. The van der Waals surface area contributed by atoms with Crippen molar-refractivity contribution in [2.45, 2.75) is 25.6 Å². The Hall–Kier alpha value is -2.14. The molecule has 1 aromatic rings. The molecule has 5 heteroatoms. The number of imide groups is 1. The molecule has 2 bridgehead atoms. The largest absolute Gasteiger partial charge is 0.494 e. The molecule has 0 N–H and O–H groups in total. The minimum atomic E-state index is -0.362. The molecule has 0 unspecified atom stereocenters. The molecule has 0 spiro atoms. The summed E-state index contributed by atoms with van der Waals surface area (Å²) < 4.78 is 11.2. The molecular weight excluding hydrogens is 282 g/mol. The van der Waals surface area contributed by atoms with Crippen LogP contribution in [-0.4, -0.2) is 30.6 Å². The van der Waals surface area contributed by atoms with E-state index >= 15 is 0 Å². The SMILES string of the molecule is CCCOc1ccc(N2C(=O)[C@@H]3[C@H](C2=O)[C@H]2C=C[C@@H]3O2)cc1. The van der Waals surface area contributed by atoms with Crippen LogP contribution in [0, 0.1) is 11.8 Å². The number of hydrogen-bond acceptors (Lipinski definition) is 4. The van der Waals surface area contributed by atoms with Crippen molar-refractivity contribution in [3.05, 3.63) is 36.4 Å². The molecule has 2 fully saturated rings. The first-order valence-corrected chi connectivity index (χ1v) is 7.65. The quantitative estimate of drug-likeness (QED) is 0.629. The highest BCUT2D eigenvalue weighted by Crippen LogP contribution is 2.46. The van der Waals surface area contributed by atoms with E-state index in [-0.39, 0.29) is 35.9 Å². The van der Waals surface area contributed by atoms with Crippen LogP contribution in [-0.2, 0) is 14.3 Å². The van der Waals surface area contributed by atoms with E-state index in [1.54, 1.807) is 24.3 Å². The molecule has 4 atom stereocenters. The zero-order valence-electron chi connectivity index (χ0n) is 12.3. The van der Waals surface area contributed by atoms with Gasteiger partial charge in [0.2, 0.25) is 11.8 Å². The molecule has 22 heavy (non-hydrogen) atoms. The molecule has 114 valence electrons. The van der Waals surface area contributed by atoms with Crippen LogP contribution in [0.4, 0.5) is 5.69 Å². The predicted molar refractivity (Wildman–Crippen MR) is 79.5 cm³/mol. The fraction of sp³-hybridized carbons (Fsp3) is 0.412. The van der Waals surface area contributed by atoms with Crippen molar-refractivity contribution in [1.29, 1.82) is 0 Å². The average molecular weight is 299 g/mol. The number of carbonyl (C=O) groups excluding carboxylic acids is 2. The second-order valence-corrected chi connectivity index (χ2v) is 5.86. The maximum atomic E-state index is 12.6. The lowest BCUT2D eigenvalue weighted by Gasteiger charge is -2.18. The van der Waals surface area contributed by atoms with Gasteiger partial charge in [0.1, 0.15) is 5.75 Å². The van der Waals surface area contributed by atoms with Gasteiger partial charge in [0.25, 0.3) is 0 Å². The summed E-state index contributed by atoms with van der Waals surface area (Å²) in [4.78, 5) is 26.5. The Morgan fingerprint density at radius 3 is 2.18 bits per heavy atom. The van der Waals surface area contributed by atoms with Crippen molar-refractivity contribution in [2.75, 3.05) is 11.5 Å². The highest BCUT2D eigenvalue weighted by molar-refractivity contribution is 6.23. The van der Waals surface area contributed by atoms with E-state index in [1.165, 1.54) is 4.90 Å². The first-order chi connectivity index (χ1) is 10.7. The predicted octanol–water partition coefficient (Wildman–Crippen LogP) is 1.92. The summed E-state index contributed by atoms with van der Waals surface area (Å²) in [5.41, 5.74) is 0.604. The van der Waals surface area contributed by atoms with Gasteiger partial charge in [0, 0.05) is 0 Å². The Balaban J connectivity index is 1.58. The van der Waals surface area contributed by atoms with E-state index in [1.807, 2.05) is 19.1 Å².